The number of aryl methyl sites for hydroxylation is 2. The maximum absolute atomic E-state index is 5.76. The lowest BCUT2D eigenvalue weighted by molar-refractivity contribution is 0.274. The molecular formula is C17H25N3O2. The van der Waals surface area contributed by atoms with Gasteiger partial charge in [-0.1, -0.05) is 19.3 Å². The minimum Gasteiger partial charge on any atom is -0.466 e. The Labute approximate surface area is 131 Å². The normalized spacial score (nSPS) is 17.8. The number of rotatable bonds is 5. The Morgan fingerprint density at radius 2 is 1.95 bits per heavy atom. The molecular weight excluding hydrogens is 278 g/mol. The maximum Gasteiger partial charge on any atom is 0.251 e. The summed E-state index contributed by atoms with van der Waals surface area (Å²) in [6, 6.07) is 2.43. The van der Waals surface area contributed by atoms with Crippen LogP contribution in [0.15, 0.2) is 14.9 Å². The van der Waals surface area contributed by atoms with Crippen molar-refractivity contribution in [2.45, 2.75) is 65.5 Å². The molecule has 1 saturated carbocycles. The highest BCUT2D eigenvalue weighted by atomic mass is 16.4. The first-order valence-electron chi connectivity index (χ1n) is 8.26. The molecule has 0 aliphatic heterocycles. The monoisotopic (exact) mass is 303 g/mol. The van der Waals surface area contributed by atoms with E-state index in [1.165, 1.54) is 32.1 Å². The first kappa shape index (κ1) is 15.3. The van der Waals surface area contributed by atoms with E-state index in [0.29, 0.717) is 24.4 Å². The van der Waals surface area contributed by atoms with Crippen LogP contribution in [0.2, 0.25) is 0 Å². The summed E-state index contributed by atoms with van der Waals surface area (Å²) in [5, 5.41) is 11.8. The minimum absolute atomic E-state index is 0.494. The van der Waals surface area contributed by atoms with E-state index in [9.17, 15) is 0 Å². The highest BCUT2D eigenvalue weighted by Crippen LogP contribution is 2.27. The average molecular weight is 303 g/mol. The van der Waals surface area contributed by atoms with E-state index >= 15 is 0 Å². The van der Waals surface area contributed by atoms with Gasteiger partial charge in [0, 0.05) is 6.04 Å². The molecule has 5 nitrogen and oxygen atoms in total. The molecule has 0 spiro atoms. The Bertz CT molecular complexity index is 611. The second-order valence-electron chi connectivity index (χ2n) is 6.40. The van der Waals surface area contributed by atoms with Crippen LogP contribution in [0.1, 0.15) is 56.4 Å². The predicted molar refractivity (Wildman–Crippen MR) is 84.4 cm³/mol. The van der Waals surface area contributed by atoms with Crippen LogP contribution in [-0.2, 0) is 6.54 Å². The van der Waals surface area contributed by atoms with Crippen LogP contribution < -0.4 is 5.32 Å². The molecule has 22 heavy (non-hydrogen) atoms. The summed E-state index contributed by atoms with van der Waals surface area (Å²) < 4.78 is 11.3. The molecule has 5 heteroatoms. The minimum atomic E-state index is 0.494. The quantitative estimate of drug-likeness (QED) is 0.904. The van der Waals surface area contributed by atoms with Crippen molar-refractivity contribution in [2.24, 2.45) is 5.92 Å². The molecule has 1 N–H and O–H groups in total. The molecule has 0 bridgehead atoms. The summed E-state index contributed by atoms with van der Waals surface area (Å²) >= 11 is 0. The van der Waals surface area contributed by atoms with Crippen molar-refractivity contribution in [3.05, 3.63) is 23.5 Å². The zero-order valence-corrected chi connectivity index (χ0v) is 13.7. The number of hydrogen-bond acceptors (Lipinski definition) is 5. The van der Waals surface area contributed by atoms with Gasteiger partial charge in [-0.25, -0.2) is 0 Å². The molecule has 3 rings (SSSR count). The molecule has 1 fully saturated rings. The van der Waals surface area contributed by atoms with Crippen molar-refractivity contribution < 1.29 is 8.83 Å². The zero-order chi connectivity index (χ0) is 15.5. The first-order chi connectivity index (χ1) is 10.6. The van der Waals surface area contributed by atoms with Gasteiger partial charge in [0.25, 0.3) is 5.89 Å². The molecule has 0 amide bonds. The molecule has 0 saturated heterocycles. The molecule has 0 unspecified atom stereocenters. The number of nitrogens with one attached hydrogen (secondary N) is 1. The second kappa shape index (κ2) is 6.65. The maximum atomic E-state index is 5.76. The van der Waals surface area contributed by atoms with Gasteiger partial charge in [0.1, 0.15) is 11.5 Å². The van der Waals surface area contributed by atoms with Gasteiger partial charge < -0.3 is 14.2 Å². The summed E-state index contributed by atoms with van der Waals surface area (Å²) in [5.41, 5.74) is 0.886. The van der Waals surface area contributed by atoms with Crippen LogP contribution in [-0.4, -0.2) is 16.2 Å². The van der Waals surface area contributed by atoms with Gasteiger partial charge in [-0.2, -0.15) is 0 Å². The molecule has 0 aromatic carbocycles. The molecule has 2 aromatic rings. The summed E-state index contributed by atoms with van der Waals surface area (Å²) in [4.78, 5) is 0. The van der Waals surface area contributed by atoms with Gasteiger partial charge in [0.15, 0.2) is 0 Å². The molecule has 2 aromatic heterocycles. The summed E-state index contributed by atoms with van der Waals surface area (Å²) in [6.07, 6.45) is 6.77. The van der Waals surface area contributed by atoms with Gasteiger partial charge in [0.05, 0.1) is 12.1 Å². The average Bonchev–Trinajstić information content (AvgIpc) is 3.12. The molecule has 0 radical (unpaired) electrons. The highest BCUT2D eigenvalue weighted by molar-refractivity contribution is 5.55. The van der Waals surface area contributed by atoms with Crippen LogP contribution in [0.4, 0.5) is 0 Å². The Balaban J connectivity index is 1.58. The van der Waals surface area contributed by atoms with Crippen molar-refractivity contribution in [3.8, 4) is 11.5 Å². The van der Waals surface area contributed by atoms with Gasteiger partial charge in [-0.05, 0) is 45.6 Å². The Hall–Kier alpha value is -1.62. The highest BCUT2D eigenvalue weighted by Gasteiger charge is 2.20. The second-order valence-corrected chi connectivity index (χ2v) is 6.40. The lowest BCUT2D eigenvalue weighted by Crippen LogP contribution is -2.34. The first-order valence-corrected chi connectivity index (χ1v) is 8.26. The van der Waals surface area contributed by atoms with Crippen LogP contribution in [0.3, 0.4) is 0 Å². The third kappa shape index (κ3) is 3.40. The predicted octanol–water partition coefficient (Wildman–Crippen LogP) is 4.00. The van der Waals surface area contributed by atoms with Crippen molar-refractivity contribution in [3.63, 3.8) is 0 Å². The van der Waals surface area contributed by atoms with Crippen molar-refractivity contribution in [2.75, 3.05) is 0 Å². The van der Waals surface area contributed by atoms with Crippen molar-refractivity contribution in [1.82, 2.24) is 15.5 Å². The fraction of sp³-hybridized carbons (Fsp3) is 0.647. The van der Waals surface area contributed by atoms with Gasteiger partial charge >= 0.3 is 0 Å². The van der Waals surface area contributed by atoms with Crippen LogP contribution in [0, 0.1) is 19.8 Å². The summed E-state index contributed by atoms with van der Waals surface area (Å²) in [5.74, 6) is 3.62. The van der Waals surface area contributed by atoms with Crippen molar-refractivity contribution in [1.29, 1.82) is 0 Å². The molecule has 1 aliphatic rings. The molecule has 120 valence electrons. The van der Waals surface area contributed by atoms with E-state index in [0.717, 1.165) is 23.0 Å². The van der Waals surface area contributed by atoms with Gasteiger partial charge in [-0.3, -0.25) is 0 Å². The van der Waals surface area contributed by atoms with Crippen LogP contribution >= 0.6 is 0 Å². The number of hydrogen-bond donors (Lipinski definition) is 1. The van der Waals surface area contributed by atoms with Gasteiger partial charge in [0.2, 0.25) is 5.89 Å². The third-order valence-corrected chi connectivity index (χ3v) is 4.67. The van der Waals surface area contributed by atoms with E-state index in [2.05, 4.69) is 22.4 Å². The molecule has 2 heterocycles. The zero-order valence-electron chi connectivity index (χ0n) is 13.7. The number of furan rings is 1. The Morgan fingerprint density at radius 3 is 2.64 bits per heavy atom. The van der Waals surface area contributed by atoms with Crippen LogP contribution in [0.5, 0.6) is 0 Å². The Morgan fingerprint density at radius 1 is 1.18 bits per heavy atom. The topological polar surface area (TPSA) is 64.1 Å². The van der Waals surface area contributed by atoms with Gasteiger partial charge in [-0.15, -0.1) is 10.2 Å². The van der Waals surface area contributed by atoms with E-state index in [1.54, 1.807) is 0 Å². The summed E-state index contributed by atoms with van der Waals surface area (Å²) in [7, 11) is 0. The smallest absolute Gasteiger partial charge is 0.251 e. The van der Waals surface area contributed by atoms with E-state index in [1.807, 2.05) is 19.9 Å². The van der Waals surface area contributed by atoms with Crippen LogP contribution in [0.25, 0.3) is 11.5 Å². The van der Waals surface area contributed by atoms with E-state index in [-0.39, 0.29) is 0 Å². The molecule has 1 atom stereocenters. The largest absolute Gasteiger partial charge is 0.466 e. The standard InChI is InChI=1S/C17H25N3O2/c1-11-9-15(13(3)21-11)17-20-19-16(22-17)10-18-12(2)14-7-5-4-6-8-14/h9,12,14,18H,4-8,10H2,1-3H3/t12-/m1/s1. The third-order valence-electron chi connectivity index (χ3n) is 4.67. The Kier molecular flexibility index (Phi) is 4.62. The molecule has 1 aliphatic carbocycles. The van der Waals surface area contributed by atoms with E-state index in [4.69, 9.17) is 8.83 Å². The number of aromatic nitrogens is 2. The van der Waals surface area contributed by atoms with E-state index < -0.39 is 0 Å². The SMILES string of the molecule is Cc1cc(-c2nnc(CN[C@H](C)C3CCCCC3)o2)c(C)o1. The fourth-order valence-corrected chi connectivity index (χ4v) is 3.33. The lowest BCUT2D eigenvalue weighted by Gasteiger charge is -2.27. The number of nitrogens with zero attached hydrogens (tertiary/aromatic N) is 2. The lowest BCUT2D eigenvalue weighted by atomic mass is 9.84. The fourth-order valence-electron chi connectivity index (χ4n) is 3.33. The van der Waals surface area contributed by atoms with Crippen molar-refractivity contribution >= 4 is 0 Å². The summed E-state index contributed by atoms with van der Waals surface area (Å²) in [6.45, 7) is 6.72.